The van der Waals surface area contributed by atoms with Crippen LogP contribution in [0.4, 0.5) is 10.1 Å². The average Bonchev–Trinajstić information content (AvgIpc) is 2.83. The van der Waals surface area contributed by atoms with Gasteiger partial charge in [0.25, 0.3) is 0 Å². The fourth-order valence-electron chi connectivity index (χ4n) is 2.36. The maximum Gasteiger partial charge on any atom is 0.123 e. The molecule has 1 heterocycles. The number of hydrogen-bond acceptors (Lipinski definition) is 1. The fourth-order valence-corrected chi connectivity index (χ4v) is 2.36. The van der Waals surface area contributed by atoms with Crippen LogP contribution in [0.3, 0.4) is 0 Å². The van der Waals surface area contributed by atoms with E-state index in [2.05, 4.69) is 41.1 Å². The van der Waals surface area contributed by atoms with Gasteiger partial charge >= 0.3 is 0 Å². The Labute approximate surface area is 117 Å². The molecule has 0 saturated carbocycles. The molecular weight excluding hydrogens is 251 g/mol. The zero-order valence-corrected chi connectivity index (χ0v) is 11.4. The molecule has 0 amide bonds. The molecule has 2 aromatic carbocycles. The van der Waals surface area contributed by atoms with Crippen LogP contribution in [-0.4, -0.2) is 11.1 Å². The molecule has 1 aromatic heterocycles. The summed E-state index contributed by atoms with van der Waals surface area (Å²) < 4.78 is 15.3. The van der Waals surface area contributed by atoms with Gasteiger partial charge in [-0.25, -0.2) is 4.39 Å². The number of nitrogens with one attached hydrogen (secondary N) is 1. The number of aromatic nitrogens is 1. The topological polar surface area (TPSA) is 17.0 Å². The summed E-state index contributed by atoms with van der Waals surface area (Å²) in [7, 11) is 0. The van der Waals surface area contributed by atoms with Crippen LogP contribution in [-0.2, 0) is 6.54 Å². The molecule has 20 heavy (non-hydrogen) atoms. The standard InChI is InChI=1S/C17H17FN2/c1-13-2-5-16(6-3-13)19-9-11-20-10-8-14-12-15(18)4-7-17(14)20/h2-8,10,12,19H,9,11H2,1H3. The SMILES string of the molecule is Cc1ccc(NCCn2ccc3cc(F)ccc32)cc1. The van der Waals surface area contributed by atoms with Crippen molar-refractivity contribution in [1.29, 1.82) is 0 Å². The van der Waals surface area contributed by atoms with E-state index in [0.717, 1.165) is 29.7 Å². The second-order valence-electron chi connectivity index (χ2n) is 5.01. The van der Waals surface area contributed by atoms with Crippen LogP contribution in [0.2, 0.25) is 0 Å². The van der Waals surface area contributed by atoms with Gasteiger partial charge < -0.3 is 9.88 Å². The molecule has 0 aliphatic carbocycles. The first-order valence-electron chi connectivity index (χ1n) is 6.77. The Balaban J connectivity index is 1.66. The van der Waals surface area contributed by atoms with E-state index >= 15 is 0 Å². The number of anilines is 1. The summed E-state index contributed by atoms with van der Waals surface area (Å²) in [5.74, 6) is -0.187. The number of halogens is 1. The first-order chi connectivity index (χ1) is 9.72. The fraction of sp³-hybridized carbons (Fsp3) is 0.176. The summed E-state index contributed by atoms with van der Waals surface area (Å²) >= 11 is 0. The molecule has 3 heteroatoms. The van der Waals surface area contributed by atoms with Gasteiger partial charge in [-0.2, -0.15) is 0 Å². The van der Waals surface area contributed by atoms with Gasteiger partial charge in [0.15, 0.2) is 0 Å². The van der Waals surface area contributed by atoms with E-state index < -0.39 is 0 Å². The van der Waals surface area contributed by atoms with Gasteiger partial charge in [-0.05, 0) is 43.3 Å². The van der Waals surface area contributed by atoms with E-state index in [4.69, 9.17) is 0 Å². The summed E-state index contributed by atoms with van der Waals surface area (Å²) in [4.78, 5) is 0. The van der Waals surface area contributed by atoms with E-state index in [1.807, 2.05) is 18.3 Å². The van der Waals surface area contributed by atoms with Crippen molar-refractivity contribution in [3.05, 3.63) is 66.1 Å². The number of aryl methyl sites for hydroxylation is 1. The molecule has 0 aliphatic heterocycles. The normalized spacial score (nSPS) is 10.9. The highest BCUT2D eigenvalue weighted by atomic mass is 19.1. The Morgan fingerprint density at radius 3 is 2.65 bits per heavy atom. The Kier molecular flexibility index (Phi) is 3.42. The lowest BCUT2D eigenvalue weighted by atomic mass is 10.2. The Morgan fingerprint density at radius 2 is 1.85 bits per heavy atom. The Hall–Kier alpha value is -2.29. The van der Waals surface area contributed by atoms with Crippen molar-refractivity contribution < 1.29 is 4.39 Å². The Bertz CT molecular complexity index is 713. The average molecular weight is 268 g/mol. The molecule has 0 bridgehead atoms. The quantitative estimate of drug-likeness (QED) is 0.750. The molecule has 1 N–H and O–H groups in total. The van der Waals surface area contributed by atoms with Crippen molar-refractivity contribution in [2.75, 3.05) is 11.9 Å². The highest BCUT2D eigenvalue weighted by Crippen LogP contribution is 2.17. The smallest absolute Gasteiger partial charge is 0.123 e. The predicted molar refractivity (Wildman–Crippen MR) is 81.6 cm³/mol. The third kappa shape index (κ3) is 2.67. The zero-order valence-electron chi connectivity index (χ0n) is 11.4. The highest BCUT2D eigenvalue weighted by Gasteiger charge is 2.01. The van der Waals surface area contributed by atoms with Crippen LogP contribution in [0.15, 0.2) is 54.7 Å². The van der Waals surface area contributed by atoms with Crippen LogP contribution in [0.25, 0.3) is 10.9 Å². The molecule has 0 unspecified atom stereocenters. The van der Waals surface area contributed by atoms with Crippen molar-refractivity contribution in [2.24, 2.45) is 0 Å². The second-order valence-corrected chi connectivity index (χ2v) is 5.01. The highest BCUT2D eigenvalue weighted by molar-refractivity contribution is 5.80. The second kappa shape index (κ2) is 5.37. The van der Waals surface area contributed by atoms with Gasteiger partial charge in [0.05, 0.1) is 0 Å². The van der Waals surface area contributed by atoms with Gasteiger partial charge in [-0.3, -0.25) is 0 Å². The molecule has 0 spiro atoms. The number of benzene rings is 2. The van der Waals surface area contributed by atoms with E-state index in [1.165, 1.54) is 11.6 Å². The molecule has 0 aliphatic rings. The minimum absolute atomic E-state index is 0.187. The summed E-state index contributed by atoms with van der Waals surface area (Å²) in [5.41, 5.74) is 3.45. The van der Waals surface area contributed by atoms with Crippen LogP contribution in [0, 0.1) is 12.7 Å². The molecule has 3 rings (SSSR count). The lowest BCUT2D eigenvalue weighted by molar-refractivity contribution is 0.629. The molecule has 3 aromatic rings. The maximum absolute atomic E-state index is 13.1. The molecule has 2 nitrogen and oxygen atoms in total. The monoisotopic (exact) mass is 268 g/mol. The molecular formula is C17H17FN2. The van der Waals surface area contributed by atoms with E-state index in [0.29, 0.717) is 0 Å². The van der Waals surface area contributed by atoms with Gasteiger partial charge in [0.2, 0.25) is 0 Å². The van der Waals surface area contributed by atoms with E-state index in [1.54, 1.807) is 6.07 Å². The van der Waals surface area contributed by atoms with Crippen molar-refractivity contribution in [2.45, 2.75) is 13.5 Å². The maximum atomic E-state index is 13.1. The molecule has 0 atom stereocenters. The van der Waals surface area contributed by atoms with Gasteiger partial charge in [0.1, 0.15) is 5.82 Å². The number of rotatable bonds is 4. The molecule has 0 radical (unpaired) electrons. The summed E-state index contributed by atoms with van der Waals surface area (Å²) in [6, 6.07) is 15.2. The van der Waals surface area contributed by atoms with Crippen molar-refractivity contribution in [3.63, 3.8) is 0 Å². The van der Waals surface area contributed by atoms with Gasteiger partial charge in [0, 0.05) is 35.9 Å². The van der Waals surface area contributed by atoms with Crippen molar-refractivity contribution in [3.8, 4) is 0 Å². The third-order valence-electron chi connectivity index (χ3n) is 3.47. The lowest BCUT2D eigenvalue weighted by Gasteiger charge is -2.09. The minimum Gasteiger partial charge on any atom is -0.383 e. The number of fused-ring (bicyclic) bond motifs is 1. The van der Waals surface area contributed by atoms with Crippen molar-refractivity contribution in [1.82, 2.24) is 4.57 Å². The zero-order chi connectivity index (χ0) is 13.9. The summed E-state index contributed by atoms with van der Waals surface area (Å²) in [5, 5.41) is 4.34. The van der Waals surface area contributed by atoms with E-state index in [9.17, 15) is 4.39 Å². The van der Waals surface area contributed by atoms with Crippen molar-refractivity contribution >= 4 is 16.6 Å². The summed E-state index contributed by atoms with van der Waals surface area (Å²) in [6.45, 7) is 3.77. The number of hydrogen-bond donors (Lipinski definition) is 1. The van der Waals surface area contributed by atoms with E-state index in [-0.39, 0.29) is 5.82 Å². The summed E-state index contributed by atoms with van der Waals surface area (Å²) in [6.07, 6.45) is 2.00. The first kappa shape index (κ1) is 12.7. The Morgan fingerprint density at radius 1 is 1.05 bits per heavy atom. The molecule has 102 valence electrons. The minimum atomic E-state index is -0.187. The molecule has 0 fully saturated rings. The first-order valence-corrected chi connectivity index (χ1v) is 6.77. The molecule has 0 saturated heterocycles. The van der Waals surface area contributed by atoms with Gasteiger partial charge in [-0.1, -0.05) is 17.7 Å². The van der Waals surface area contributed by atoms with Crippen LogP contribution < -0.4 is 5.32 Å². The largest absolute Gasteiger partial charge is 0.383 e. The predicted octanol–water partition coefficient (Wildman–Crippen LogP) is 4.20. The van der Waals surface area contributed by atoms with Crippen LogP contribution in [0.1, 0.15) is 5.56 Å². The van der Waals surface area contributed by atoms with Gasteiger partial charge in [-0.15, -0.1) is 0 Å². The third-order valence-corrected chi connectivity index (χ3v) is 3.47. The van der Waals surface area contributed by atoms with Crippen LogP contribution in [0.5, 0.6) is 0 Å². The van der Waals surface area contributed by atoms with Crippen LogP contribution >= 0.6 is 0 Å². The number of nitrogens with zero attached hydrogens (tertiary/aromatic N) is 1. The lowest BCUT2D eigenvalue weighted by Crippen LogP contribution is -2.09.